The maximum atomic E-state index is 13.6. The molecule has 0 radical (unpaired) electrons. The van der Waals surface area contributed by atoms with Crippen LogP contribution in [0.5, 0.6) is 0 Å². The molecule has 1 aromatic carbocycles. The van der Waals surface area contributed by atoms with Crippen LogP contribution >= 0.6 is 23.1 Å². The molecule has 0 aliphatic heterocycles. The van der Waals surface area contributed by atoms with Gasteiger partial charge >= 0.3 is 5.97 Å². The molecule has 2 rings (SSSR count). The number of carbonyl (C=O) groups is 2. The Morgan fingerprint density at radius 1 is 1.40 bits per heavy atom. The van der Waals surface area contributed by atoms with Gasteiger partial charge in [-0.25, -0.2) is 9.18 Å². The van der Waals surface area contributed by atoms with Crippen LogP contribution in [0.25, 0.3) is 0 Å². The molecule has 20 heavy (non-hydrogen) atoms. The zero-order valence-corrected chi connectivity index (χ0v) is 11.7. The lowest BCUT2D eigenvalue weighted by atomic mass is 10.2. The normalized spacial score (nSPS) is 10.3. The smallest absolute Gasteiger partial charge is 0.340 e. The Bertz CT molecular complexity index is 682. The topological polar surface area (TPSA) is 79.3 Å². The second-order valence-electron chi connectivity index (χ2n) is 3.83. The number of rotatable bonds is 3. The molecular formula is C12H8ClFN2O3S. The first-order chi connectivity index (χ1) is 9.41. The monoisotopic (exact) mass is 314 g/mol. The third kappa shape index (κ3) is 2.63. The van der Waals surface area contributed by atoms with E-state index in [-0.39, 0.29) is 26.8 Å². The van der Waals surface area contributed by atoms with Crippen molar-refractivity contribution in [3.05, 3.63) is 45.9 Å². The van der Waals surface area contributed by atoms with E-state index in [0.29, 0.717) is 0 Å². The number of carboxylic acids is 1. The average Bonchev–Trinajstić information content (AvgIpc) is 2.70. The number of hydrogen-bond acceptors (Lipinski definition) is 4. The van der Waals surface area contributed by atoms with E-state index >= 15 is 0 Å². The molecule has 5 nitrogen and oxygen atoms in total. The molecule has 0 spiro atoms. The van der Waals surface area contributed by atoms with Crippen molar-refractivity contribution in [3.63, 3.8) is 0 Å². The number of aromatic carboxylic acids is 1. The van der Waals surface area contributed by atoms with Gasteiger partial charge in [-0.3, -0.25) is 4.79 Å². The molecule has 1 aromatic heterocycles. The highest BCUT2D eigenvalue weighted by atomic mass is 35.5. The van der Waals surface area contributed by atoms with Gasteiger partial charge in [-0.1, -0.05) is 17.7 Å². The van der Waals surface area contributed by atoms with Crippen LogP contribution in [0.3, 0.4) is 0 Å². The molecule has 0 atom stereocenters. The number of nitrogens with zero attached hydrogens (tertiary/aromatic N) is 1. The fraction of sp³-hybridized carbons (Fsp3) is 0.0833. The lowest BCUT2D eigenvalue weighted by Gasteiger charge is -2.06. The molecule has 2 aromatic rings. The van der Waals surface area contributed by atoms with Crippen molar-refractivity contribution in [3.8, 4) is 0 Å². The van der Waals surface area contributed by atoms with Crippen LogP contribution in [0.1, 0.15) is 26.4 Å². The fourth-order valence-corrected chi connectivity index (χ4v) is 2.62. The number of anilines is 1. The lowest BCUT2D eigenvalue weighted by Crippen LogP contribution is -2.15. The largest absolute Gasteiger partial charge is 0.478 e. The molecule has 104 valence electrons. The molecule has 8 heteroatoms. The maximum absolute atomic E-state index is 13.6. The van der Waals surface area contributed by atoms with Crippen molar-refractivity contribution in [2.45, 2.75) is 6.92 Å². The van der Waals surface area contributed by atoms with Crippen molar-refractivity contribution < 1.29 is 19.1 Å². The molecule has 0 unspecified atom stereocenters. The molecular weight excluding hydrogens is 307 g/mol. The predicted octanol–water partition coefficient (Wildman–Crippen LogP) is 3.19. The summed E-state index contributed by atoms with van der Waals surface area (Å²) in [5.74, 6) is -2.82. The summed E-state index contributed by atoms with van der Waals surface area (Å²) in [7, 11) is 0. The van der Waals surface area contributed by atoms with E-state index in [1.807, 2.05) is 0 Å². The summed E-state index contributed by atoms with van der Waals surface area (Å²) in [5.41, 5.74) is -0.176. The molecule has 0 saturated carbocycles. The SMILES string of the molecule is Cc1nsc(NC(=O)c2c(F)cccc2Cl)c1C(=O)O. The summed E-state index contributed by atoms with van der Waals surface area (Å²) >= 11 is 6.58. The Hall–Kier alpha value is -1.99. The number of aromatic nitrogens is 1. The highest BCUT2D eigenvalue weighted by Crippen LogP contribution is 2.26. The Morgan fingerprint density at radius 2 is 2.10 bits per heavy atom. The van der Waals surface area contributed by atoms with Gasteiger partial charge in [0.25, 0.3) is 5.91 Å². The van der Waals surface area contributed by atoms with Gasteiger partial charge in [0.05, 0.1) is 16.3 Å². The van der Waals surface area contributed by atoms with Gasteiger partial charge in [-0.2, -0.15) is 4.37 Å². The molecule has 1 heterocycles. The van der Waals surface area contributed by atoms with Gasteiger partial charge in [0.2, 0.25) is 0 Å². The first kappa shape index (κ1) is 14.4. The highest BCUT2D eigenvalue weighted by Gasteiger charge is 2.22. The van der Waals surface area contributed by atoms with Gasteiger partial charge in [0, 0.05) is 0 Å². The molecule has 0 saturated heterocycles. The molecule has 0 fully saturated rings. The van der Waals surface area contributed by atoms with Crippen molar-refractivity contribution >= 4 is 40.0 Å². The van der Waals surface area contributed by atoms with E-state index in [1.165, 1.54) is 19.1 Å². The van der Waals surface area contributed by atoms with Crippen LogP contribution in [0, 0.1) is 12.7 Å². The molecule has 0 aliphatic carbocycles. The van der Waals surface area contributed by atoms with Crippen LogP contribution in [0.2, 0.25) is 5.02 Å². The number of hydrogen-bond donors (Lipinski definition) is 2. The Morgan fingerprint density at radius 3 is 2.70 bits per heavy atom. The summed E-state index contributed by atoms with van der Waals surface area (Å²) in [6.07, 6.45) is 0. The molecule has 1 amide bonds. The minimum atomic E-state index is -1.22. The van der Waals surface area contributed by atoms with Gasteiger partial charge in [0.15, 0.2) is 0 Å². The highest BCUT2D eigenvalue weighted by molar-refractivity contribution is 7.11. The Balaban J connectivity index is 2.36. The van der Waals surface area contributed by atoms with Crippen LogP contribution < -0.4 is 5.32 Å². The lowest BCUT2D eigenvalue weighted by molar-refractivity contribution is 0.0697. The number of aryl methyl sites for hydroxylation is 1. The summed E-state index contributed by atoms with van der Waals surface area (Å²) in [6, 6.07) is 3.83. The van der Waals surface area contributed by atoms with E-state index in [1.54, 1.807) is 0 Å². The average molecular weight is 315 g/mol. The van der Waals surface area contributed by atoms with Crippen LogP contribution in [-0.2, 0) is 0 Å². The van der Waals surface area contributed by atoms with Gasteiger partial charge in [-0.15, -0.1) is 0 Å². The third-order valence-corrected chi connectivity index (χ3v) is 3.66. The van der Waals surface area contributed by atoms with Crippen LogP contribution in [0.4, 0.5) is 9.39 Å². The minimum absolute atomic E-state index is 0.0410. The van der Waals surface area contributed by atoms with Crippen LogP contribution in [0.15, 0.2) is 18.2 Å². The second-order valence-corrected chi connectivity index (χ2v) is 5.01. The summed E-state index contributed by atoms with van der Waals surface area (Å²) in [5, 5.41) is 11.4. The van der Waals surface area contributed by atoms with Gasteiger partial charge in [-0.05, 0) is 30.6 Å². The van der Waals surface area contributed by atoms with Crippen LogP contribution in [-0.4, -0.2) is 21.4 Å². The van der Waals surface area contributed by atoms with E-state index in [0.717, 1.165) is 17.6 Å². The number of carboxylic acid groups (broad SMARTS) is 1. The van der Waals surface area contributed by atoms with E-state index in [2.05, 4.69) is 9.69 Å². The van der Waals surface area contributed by atoms with Crippen molar-refractivity contribution in [2.24, 2.45) is 0 Å². The Labute approximate surface area is 122 Å². The summed E-state index contributed by atoms with van der Waals surface area (Å²) < 4.78 is 17.4. The van der Waals surface area contributed by atoms with E-state index in [4.69, 9.17) is 16.7 Å². The minimum Gasteiger partial charge on any atom is -0.478 e. The zero-order chi connectivity index (χ0) is 14.9. The van der Waals surface area contributed by atoms with Crippen molar-refractivity contribution in [1.29, 1.82) is 0 Å². The number of benzene rings is 1. The number of amides is 1. The molecule has 2 N–H and O–H groups in total. The number of nitrogens with one attached hydrogen (secondary N) is 1. The third-order valence-electron chi connectivity index (χ3n) is 2.49. The van der Waals surface area contributed by atoms with Gasteiger partial charge < -0.3 is 10.4 Å². The van der Waals surface area contributed by atoms with Crippen molar-refractivity contribution in [1.82, 2.24) is 4.37 Å². The molecule has 0 aliphatic rings. The summed E-state index contributed by atoms with van der Waals surface area (Å²) in [6.45, 7) is 1.51. The fourth-order valence-electron chi connectivity index (χ4n) is 1.59. The Kier molecular flexibility index (Phi) is 4.01. The van der Waals surface area contributed by atoms with Crippen molar-refractivity contribution in [2.75, 3.05) is 5.32 Å². The summed E-state index contributed by atoms with van der Waals surface area (Å²) in [4.78, 5) is 23.1. The first-order valence-electron chi connectivity index (χ1n) is 5.36. The number of carbonyl (C=O) groups excluding carboxylic acids is 1. The number of halogens is 2. The second kappa shape index (κ2) is 5.56. The standard InChI is InChI=1S/C12H8ClFN2O3S/c1-5-8(12(18)19)11(20-16-5)15-10(17)9-6(13)3-2-4-7(9)14/h2-4H,1H3,(H,15,17)(H,18,19). The van der Waals surface area contributed by atoms with E-state index < -0.39 is 17.7 Å². The maximum Gasteiger partial charge on any atom is 0.340 e. The molecule has 0 bridgehead atoms. The zero-order valence-electron chi connectivity index (χ0n) is 10.1. The van der Waals surface area contributed by atoms with Gasteiger partial charge in [0.1, 0.15) is 16.4 Å². The predicted molar refractivity (Wildman–Crippen MR) is 73.2 cm³/mol. The quantitative estimate of drug-likeness (QED) is 0.911. The first-order valence-corrected chi connectivity index (χ1v) is 6.52. The van der Waals surface area contributed by atoms with E-state index in [9.17, 15) is 14.0 Å².